The van der Waals surface area contributed by atoms with Crippen LogP contribution < -0.4 is 16.0 Å². The van der Waals surface area contributed by atoms with Gasteiger partial charge in [0.2, 0.25) is 5.91 Å². The maximum atomic E-state index is 14.1. The molecule has 196 valence electrons. The molecule has 2 unspecified atom stereocenters. The van der Waals surface area contributed by atoms with E-state index >= 15 is 0 Å². The van der Waals surface area contributed by atoms with E-state index in [1.165, 1.54) is 36.4 Å². The van der Waals surface area contributed by atoms with Crippen LogP contribution in [0.3, 0.4) is 0 Å². The molecule has 1 aliphatic rings. The lowest BCUT2D eigenvalue weighted by atomic mass is 9.97. The fourth-order valence-electron chi connectivity index (χ4n) is 4.05. The number of amides is 1. The minimum Gasteiger partial charge on any atom is -0.344 e. The Labute approximate surface area is 208 Å². The van der Waals surface area contributed by atoms with Gasteiger partial charge in [0.15, 0.2) is 15.6 Å². The Kier molecular flexibility index (Phi) is 8.58. The Hall–Kier alpha value is -2.76. The van der Waals surface area contributed by atoms with Gasteiger partial charge in [-0.05, 0) is 41.2 Å². The Morgan fingerprint density at radius 1 is 1.06 bits per heavy atom. The summed E-state index contributed by atoms with van der Waals surface area (Å²) in [5.74, 6) is -0.932. The molecule has 2 aromatic rings. The van der Waals surface area contributed by atoms with Crippen molar-refractivity contribution in [3.63, 3.8) is 0 Å². The van der Waals surface area contributed by atoms with Crippen molar-refractivity contribution in [3.05, 3.63) is 54.1 Å². The molecular weight excluding hydrogens is 495 g/mol. The molecule has 0 saturated carbocycles. The molecule has 3 atom stereocenters. The van der Waals surface area contributed by atoms with Crippen LogP contribution in [0.15, 0.2) is 53.4 Å². The summed E-state index contributed by atoms with van der Waals surface area (Å²) in [4.78, 5) is 24.9. The van der Waals surface area contributed by atoms with E-state index in [0.29, 0.717) is 11.1 Å². The van der Waals surface area contributed by atoms with Gasteiger partial charge in [0.25, 0.3) is 0 Å². The topological polar surface area (TPSA) is 104 Å². The molecule has 1 amide bonds. The largest absolute Gasteiger partial charge is 0.407 e. The molecule has 1 saturated heterocycles. The van der Waals surface area contributed by atoms with Gasteiger partial charge in [-0.1, -0.05) is 50.2 Å². The lowest BCUT2D eigenvalue weighted by molar-refractivity contribution is -0.161. The van der Waals surface area contributed by atoms with Crippen LogP contribution in [-0.4, -0.2) is 57.7 Å². The number of alkyl halides is 3. The predicted molar refractivity (Wildman–Crippen MR) is 130 cm³/mol. The summed E-state index contributed by atoms with van der Waals surface area (Å²) >= 11 is 0. The summed E-state index contributed by atoms with van der Waals surface area (Å²) in [5, 5.41) is 7.88. The Bertz CT molecular complexity index is 1180. The van der Waals surface area contributed by atoms with Crippen molar-refractivity contribution in [2.24, 2.45) is 5.92 Å². The zero-order valence-electron chi connectivity index (χ0n) is 20.2. The van der Waals surface area contributed by atoms with Crippen LogP contribution in [0.5, 0.6) is 0 Å². The molecule has 1 aliphatic heterocycles. The van der Waals surface area contributed by atoms with Crippen molar-refractivity contribution in [2.45, 2.75) is 49.5 Å². The molecule has 3 N–H and O–H groups in total. The number of hydrogen-bond acceptors (Lipinski definition) is 6. The third-order valence-electron chi connectivity index (χ3n) is 5.93. The normalized spacial score (nSPS) is 18.3. The van der Waals surface area contributed by atoms with Crippen molar-refractivity contribution in [2.75, 3.05) is 19.3 Å². The minimum atomic E-state index is -4.68. The summed E-state index contributed by atoms with van der Waals surface area (Å²) in [6.45, 7) is 3.96. The van der Waals surface area contributed by atoms with E-state index in [4.69, 9.17) is 0 Å². The molecule has 0 aliphatic carbocycles. The van der Waals surface area contributed by atoms with Crippen molar-refractivity contribution in [3.8, 4) is 11.1 Å². The maximum absolute atomic E-state index is 14.1. The Morgan fingerprint density at radius 2 is 1.61 bits per heavy atom. The van der Waals surface area contributed by atoms with E-state index in [0.717, 1.165) is 6.26 Å². The van der Waals surface area contributed by atoms with Gasteiger partial charge in [0, 0.05) is 12.8 Å². The molecule has 1 fully saturated rings. The lowest BCUT2D eigenvalue weighted by Crippen LogP contribution is -2.53. The van der Waals surface area contributed by atoms with Gasteiger partial charge in [-0.3, -0.25) is 14.9 Å². The van der Waals surface area contributed by atoms with E-state index in [-0.39, 0.29) is 41.7 Å². The number of nitrogens with one attached hydrogen (secondary N) is 3. The molecule has 36 heavy (non-hydrogen) atoms. The number of halogens is 3. The molecule has 0 aromatic heterocycles. The first-order chi connectivity index (χ1) is 16.8. The lowest BCUT2D eigenvalue weighted by Gasteiger charge is -2.29. The number of sulfone groups is 1. The standard InChI is InChI=1S/C25H30F3N3O4S/c1-15(2)12-20(24(33)31-21-13-29-14-22(21)32)30-23(25(26,27)28)18-6-4-16(5-7-18)17-8-10-19(11-9-17)36(3,34)35/h4-11,15,20-21,23,29-30H,12-14H2,1-3H3,(H,31,33)/t20-,21?,23?/m0/s1. The predicted octanol–water partition coefficient (Wildman–Crippen LogP) is 3.02. The van der Waals surface area contributed by atoms with Gasteiger partial charge in [-0.15, -0.1) is 0 Å². The van der Waals surface area contributed by atoms with Gasteiger partial charge < -0.3 is 10.6 Å². The molecule has 1 heterocycles. The second-order valence-corrected chi connectivity index (χ2v) is 11.4. The number of carbonyl (C=O) groups excluding carboxylic acids is 2. The number of rotatable bonds is 9. The summed E-state index contributed by atoms with van der Waals surface area (Å²) in [5.41, 5.74) is 1.19. The van der Waals surface area contributed by atoms with Crippen LogP contribution in [0.25, 0.3) is 11.1 Å². The van der Waals surface area contributed by atoms with Gasteiger partial charge in [0.1, 0.15) is 12.1 Å². The molecule has 0 bridgehead atoms. The maximum Gasteiger partial charge on any atom is 0.407 e. The summed E-state index contributed by atoms with van der Waals surface area (Å²) in [6.07, 6.45) is -3.44. The van der Waals surface area contributed by atoms with Gasteiger partial charge in [-0.2, -0.15) is 13.2 Å². The molecule has 0 spiro atoms. The number of hydrogen-bond donors (Lipinski definition) is 3. The Balaban J connectivity index is 1.82. The number of carbonyl (C=O) groups is 2. The monoisotopic (exact) mass is 525 g/mol. The fourth-order valence-corrected chi connectivity index (χ4v) is 4.68. The fraction of sp³-hybridized carbons (Fsp3) is 0.440. The van der Waals surface area contributed by atoms with Crippen molar-refractivity contribution >= 4 is 21.5 Å². The third kappa shape index (κ3) is 7.14. The highest BCUT2D eigenvalue weighted by molar-refractivity contribution is 7.90. The van der Waals surface area contributed by atoms with Crippen molar-refractivity contribution < 1.29 is 31.2 Å². The van der Waals surface area contributed by atoms with Crippen LogP contribution in [0.4, 0.5) is 13.2 Å². The molecular formula is C25H30F3N3O4S. The summed E-state index contributed by atoms with van der Waals surface area (Å²) in [7, 11) is -3.36. The quantitative estimate of drug-likeness (QED) is 0.465. The van der Waals surface area contributed by atoms with E-state index < -0.39 is 40.0 Å². The zero-order chi connectivity index (χ0) is 26.7. The second kappa shape index (κ2) is 11.1. The van der Waals surface area contributed by atoms with Crippen LogP contribution in [0, 0.1) is 5.92 Å². The first-order valence-electron chi connectivity index (χ1n) is 11.5. The van der Waals surface area contributed by atoms with E-state index in [9.17, 15) is 31.2 Å². The number of Topliss-reactive ketones (excluding diaryl/α,β-unsaturated/α-hetero) is 1. The van der Waals surface area contributed by atoms with Gasteiger partial charge in [0.05, 0.1) is 17.5 Å². The highest BCUT2D eigenvalue weighted by Gasteiger charge is 2.43. The highest BCUT2D eigenvalue weighted by Crippen LogP contribution is 2.34. The van der Waals surface area contributed by atoms with Crippen LogP contribution >= 0.6 is 0 Å². The SMILES string of the molecule is CC(C)C[C@H](NC(c1ccc(-c2ccc(S(C)(=O)=O)cc2)cc1)C(F)(F)F)C(=O)NC1CNCC1=O. The molecule has 2 aromatic carbocycles. The van der Waals surface area contributed by atoms with Crippen molar-refractivity contribution in [1.82, 2.24) is 16.0 Å². The summed E-state index contributed by atoms with van der Waals surface area (Å²) in [6, 6.07) is 7.75. The Morgan fingerprint density at radius 3 is 2.06 bits per heavy atom. The van der Waals surface area contributed by atoms with E-state index in [1.54, 1.807) is 26.0 Å². The number of ketones is 1. The average molecular weight is 526 g/mol. The zero-order valence-corrected chi connectivity index (χ0v) is 21.0. The minimum absolute atomic E-state index is 0.0702. The summed E-state index contributed by atoms with van der Waals surface area (Å²) < 4.78 is 65.6. The van der Waals surface area contributed by atoms with Gasteiger partial charge in [-0.25, -0.2) is 8.42 Å². The molecule has 7 nitrogen and oxygen atoms in total. The average Bonchev–Trinajstić information content (AvgIpc) is 3.19. The van der Waals surface area contributed by atoms with Gasteiger partial charge >= 0.3 is 6.18 Å². The van der Waals surface area contributed by atoms with E-state index in [1.807, 2.05) is 0 Å². The smallest absolute Gasteiger partial charge is 0.344 e. The van der Waals surface area contributed by atoms with Crippen LogP contribution in [0.1, 0.15) is 31.9 Å². The molecule has 11 heteroatoms. The highest BCUT2D eigenvalue weighted by atomic mass is 32.2. The van der Waals surface area contributed by atoms with Crippen LogP contribution in [0.2, 0.25) is 0 Å². The van der Waals surface area contributed by atoms with E-state index in [2.05, 4.69) is 16.0 Å². The number of benzene rings is 2. The van der Waals surface area contributed by atoms with Crippen molar-refractivity contribution in [1.29, 1.82) is 0 Å². The molecule has 3 rings (SSSR count). The van der Waals surface area contributed by atoms with Crippen LogP contribution in [-0.2, 0) is 19.4 Å². The first kappa shape index (κ1) is 27.8. The molecule has 0 radical (unpaired) electrons. The second-order valence-electron chi connectivity index (χ2n) is 9.40. The first-order valence-corrected chi connectivity index (χ1v) is 13.4. The third-order valence-corrected chi connectivity index (χ3v) is 7.06.